The first-order chi connectivity index (χ1) is 16.3. The van der Waals surface area contributed by atoms with Crippen LogP contribution >= 0.6 is 0 Å². The molecular weight excluding hydrogens is 443 g/mol. The molecule has 176 valence electrons. The smallest absolute Gasteiger partial charge is 0.407 e. The standard InChI is InChI=1S/C24H23N3O7/c1-14(28)34-18-5-2-15(3-6-18)13-33-24(32)25-11-16-4-7-19-17(10-16)12-27(23(19)31)20-8-9-21(29)26-22(20)30/h2-7,10,20H,8-9,11-13H2,1H3,(H,25,32)(H,26,29,30)/i27+1. The molecule has 1 saturated heterocycles. The van der Waals surface area contributed by atoms with Crippen molar-refractivity contribution >= 4 is 29.8 Å². The number of fused-ring (bicyclic) bond motifs is 1. The van der Waals surface area contributed by atoms with Gasteiger partial charge in [-0.05, 0) is 41.3 Å². The summed E-state index contributed by atoms with van der Waals surface area (Å²) in [4.78, 5) is 60.8. The molecule has 0 bridgehead atoms. The predicted molar refractivity (Wildman–Crippen MR) is 117 cm³/mol. The van der Waals surface area contributed by atoms with Gasteiger partial charge in [0.05, 0.1) is 0 Å². The lowest BCUT2D eigenvalue weighted by molar-refractivity contribution is -0.137. The quantitative estimate of drug-likeness (QED) is 0.287. The van der Waals surface area contributed by atoms with E-state index in [1.54, 1.807) is 36.4 Å². The Kier molecular flexibility index (Phi) is 6.58. The number of hydrogen-bond donors (Lipinski definition) is 2. The molecule has 1 atom stereocenters. The average Bonchev–Trinajstić information content (AvgIpc) is 3.12. The number of ether oxygens (including phenoxy) is 2. The van der Waals surface area contributed by atoms with Crippen LogP contribution in [-0.2, 0) is 38.8 Å². The lowest BCUT2D eigenvalue weighted by Crippen LogP contribution is -2.52. The van der Waals surface area contributed by atoms with E-state index in [1.807, 2.05) is 6.07 Å². The van der Waals surface area contributed by atoms with Gasteiger partial charge in [0.2, 0.25) is 11.8 Å². The van der Waals surface area contributed by atoms with Crippen LogP contribution < -0.4 is 15.4 Å². The molecule has 1 fully saturated rings. The number of nitrogens with zero attached hydrogens (tertiary/aromatic N) is 1. The highest BCUT2D eigenvalue weighted by Gasteiger charge is 2.39. The number of hydrogen-bond acceptors (Lipinski definition) is 7. The van der Waals surface area contributed by atoms with Crippen LogP contribution in [0.2, 0.25) is 0 Å². The Morgan fingerprint density at radius 1 is 1.09 bits per heavy atom. The molecule has 2 aliphatic heterocycles. The van der Waals surface area contributed by atoms with Gasteiger partial charge in [0.25, 0.3) is 5.91 Å². The van der Waals surface area contributed by atoms with Crippen molar-refractivity contribution in [2.24, 2.45) is 0 Å². The fourth-order valence-corrected chi connectivity index (χ4v) is 3.93. The van der Waals surface area contributed by atoms with Crippen molar-refractivity contribution in [3.63, 3.8) is 0 Å². The summed E-state index contributed by atoms with van der Waals surface area (Å²) in [5.41, 5.74) is 2.78. The van der Waals surface area contributed by atoms with E-state index >= 15 is 0 Å². The number of carbonyl (C=O) groups excluding carboxylic acids is 5. The maximum absolute atomic E-state index is 12.7. The molecule has 2 N–H and O–H groups in total. The number of piperidine rings is 1. The highest BCUT2D eigenvalue weighted by atomic mass is 16.5. The van der Waals surface area contributed by atoms with Crippen LogP contribution in [0.25, 0.3) is 0 Å². The summed E-state index contributed by atoms with van der Waals surface area (Å²) >= 11 is 0. The summed E-state index contributed by atoms with van der Waals surface area (Å²) in [6.45, 7) is 1.83. The van der Waals surface area contributed by atoms with Crippen LogP contribution in [-0.4, -0.2) is 40.7 Å². The number of amides is 4. The zero-order valence-electron chi connectivity index (χ0n) is 18.5. The van der Waals surface area contributed by atoms with E-state index in [-0.39, 0.29) is 37.9 Å². The molecule has 0 aromatic heterocycles. The monoisotopic (exact) mass is 466 g/mol. The lowest BCUT2D eigenvalue weighted by Gasteiger charge is -2.29. The summed E-state index contributed by atoms with van der Waals surface area (Å²) < 4.78 is 10.2. The van der Waals surface area contributed by atoms with Crippen LogP contribution in [0.3, 0.4) is 0 Å². The zero-order chi connectivity index (χ0) is 24.2. The molecular formula is C24H23N3O7. The molecule has 0 saturated carbocycles. The third-order valence-corrected chi connectivity index (χ3v) is 5.58. The van der Waals surface area contributed by atoms with Crippen molar-refractivity contribution in [2.75, 3.05) is 0 Å². The van der Waals surface area contributed by atoms with Gasteiger partial charge in [-0.15, -0.1) is 0 Å². The zero-order valence-corrected chi connectivity index (χ0v) is 18.5. The van der Waals surface area contributed by atoms with Crippen molar-refractivity contribution in [3.8, 4) is 5.75 Å². The minimum absolute atomic E-state index is 0.0474. The number of nitrogens with one attached hydrogen (secondary N) is 2. The maximum atomic E-state index is 12.7. The molecule has 2 aromatic rings. The third kappa shape index (κ3) is 5.22. The Balaban J connectivity index is 1.28. The number of alkyl carbamates (subject to hydrolysis) is 1. The molecule has 2 heterocycles. The minimum Gasteiger partial charge on any atom is -0.445 e. The lowest BCUT2D eigenvalue weighted by atomic mass is 10.1. The van der Waals surface area contributed by atoms with Gasteiger partial charge in [0, 0.05) is 32.0 Å². The summed E-state index contributed by atoms with van der Waals surface area (Å²) in [5, 5.41) is 4.94. The van der Waals surface area contributed by atoms with E-state index in [0.29, 0.717) is 17.7 Å². The molecule has 4 amide bonds. The largest absolute Gasteiger partial charge is 0.445 e. The highest BCUT2D eigenvalue weighted by Crippen LogP contribution is 2.28. The van der Waals surface area contributed by atoms with Crippen molar-refractivity contribution < 1.29 is 33.4 Å². The minimum atomic E-state index is -0.669. The predicted octanol–water partition coefficient (Wildman–Crippen LogP) is 1.80. The third-order valence-electron chi connectivity index (χ3n) is 5.58. The van der Waals surface area contributed by atoms with Gasteiger partial charge in [-0.25, -0.2) is 4.79 Å². The fraction of sp³-hybridized carbons (Fsp3) is 0.292. The first-order valence-electron chi connectivity index (χ1n) is 10.7. The second kappa shape index (κ2) is 9.74. The van der Waals surface area contributed by atoms with E-state index in [9.17, 15) is 24.0 Å². The number of esters is 1. The molecule has 4 rings (SSSR count). The molecule has 0 spiro atoms. The second-order valence-electron chi connectivity index (χ2n) is 8.06. The Hall–Kier alpha value is -4.21. The van der Waals surface area contributed by atoms with Crippen LogP contribution in [0.5, 0.6) is 5.75 Å². The molecule has 34 heavy (non-hydrogen) atoms. The van der Waals surface area contributed by atoms with Crippen molar-refractivity contribution in [2.45, 2.75) is 45.5 Å². The van der Waals surface area contributed by atoms with Gasteiger partial charge < -0.3 is 19.7 Å². The van der Waals surface area contributed by atoms with Gasteiger partial charge in [-0.2, -0.15) is 0 Å². The fourth-order valence-electron chi connectivity index (χ4n) is 3.93. The van der Waals surface area contributed by atoms with E-state index in [1.165, 1.54) is 11.8 Å². The van der Waals surface area contributed by atoms with Crippen LogP contribution in [0.15, 0.2) is 42.5 Å². The summed E-state index contributed by atoms with van der Waals surface area (Å²) in [5.74, 6) is -1.04. The van der Waals surface area contributed by atoms with Gasteiger partial charge >= 0.3 is 12.1 Å². The molecule has 0 radical (unpaired) electrons. The average molecular weight is 466 g/mol. The van der Waals surface area contributed by atoms with Crippen molar-refractivity contribution in [3.05, 3.63) is 64.7 Å². The molecule has 2 aliphatic rings. The summed E-state index contributed by atoms with van der Waals surface area (Å²) in [6.07, 6.45) is -0.104. The first-order valence-corrected chi connectivity index (χ1v) is 10.7. The van der Waals surface area contributed by atoms with Crippen LogP contribution in [0.1, 0.15) is 46.8 Å². The molecule has 2 aromatic carbocycles. The van der Waals surface area contributed by atoms with Gasteiger partial charge in [-0.1, -0.05) is 24.3 Å². The Morgan fingerprint density at radius 3 is 2.53 bits per heavy atom. The number of benzene rings is 2. The van der Waals surface area contributed by atoms with Gasteiger partial charge in [0.15, 0.2) is 0 Å². The van der Waals surface area contributed by atoms with Crippen molar-refractivity contribution in [1.29, 1.82) is 0 Å². The van der Waals surface area contributed by atoms with Crippen LogP contribution in [0.4, 0.5) is 4.79 Å². The topological polar surface area (TPSA) is 131 Å². The van der Waals surface area contributed by atoms with Gasteiger partial charge in [0.1, 0.15) is 18.4 Å². The number of rotatable bonds is 6. The molecule has 10 heteroatoms. The molecule has 0 aliphatic carbocycles. The van der Waals surface area contributed by atoms with E-state index < -0.39 is 24.0 Å². The van der Waals surface area contributed by atoms with Crippen LogP contribution in [0, 0.1) is 0 Å². The molecule has 10 nitrogen and oxygen atoms in total. The normalized spacial score (nSPS) is 17.1. The highest BCUT2D eigenvalue weighted by molar-refractivity contribution is 6.05. The summed E-state index contributed by atoms with van der Waals surface area (Å²) in [7, 11) is 0. The Bertz CT molecular complexity index is 1160. The van der Waals surface area contributed by atoms with E-state index in [0.717, 1.165) is 16.7 Å². The number of imide groups is 1. The Labute approximate surface area is 195 Å². The van der Waals surface area contributed by atoms with E-state index in [2.05, 4.69) is 10.6 Å². The SMILES string of the molecule is CC(=O)Oc1ccc(COC(=O)NCc2ccc3c(c2)C[15N](C2CCC(=O)NC2=O)C3=O)cc1. The molecule has 1 unspecified atom stereocenters. The van der Waals surface area contributed by atoms with E-state index in [4.69, 9.17) is 9.47 Å². The van der Waals surface area contributed by atoms with Gasteiger partial charge in [-0.3, -0.25) is 24.5 Å². The summed E-state index contributed by atoms with van der Waals surface area (Å²) in [6, 6.07) is 11.2. The maximum Gasteiger partial charge on any atom is 0.407 e. The Morgan fingerprint density at radius 2 is 1.82 bits per heavy atom. The van der Waals surface area contributed by atoms with Crippen molar-refractivity contribution in [1.82, 2.24) is 15.5 Å². The second-order valence-corrected chi connectivity index (χ2v) is 8.06. The first kappa shape index (κ1) is 23.0. The number of carbonyl (C=O) groups is 5.